The van der Waals surface area contributed by atoms with E-state index in [1.54, 1.807) is 6.07 Å². The number of anilines is 1. The van der Waals surface area contributed by atoms with E-state index in [-0.39, 0.29) is 0 Å². The highest BCUT2D eigenvalue weighted by Crippen LogP contribution is 2.33. The van der Waals surface area contributed by atoms with E-state index >= 15 is 0 Å². The molecule has 0 fully saturated rings. The van der Waals surface area contributed by atoms with Crippen molar-refractivity contribution in [3.8, 4) is 0 Å². The molecule has 1 aliphatic rings. The number of aryl methyl sites for hydroxylation is 1. The van der Waals surface area contributed by atoms with E-state index < -0.39 is 11.7 Å². The number of hydrogen-bond acceptors (Lipinski definition) is 2. The van der Waals surface area contributed by atoms with Crippen LogP contribution in [0.15, 0.2) is 30.3 Å². The largest absolute Gasteiger partial charge is 0.318 e. The first-order valence-electron chi connectivity index (χ1n) is 5.06. The van der Waals surface area contributed by atoms with Crippen LogP contribution in [0.3, 0.4) is 0 Å². The van der Waals surface area contributed by atoms with Gasteiger partial charge in [-0.05, 0) is 23.9 Å². The highest BCUT2D eigenvalue weighted by molar-refractivity contribution is 6.53. The van der Waals surface area contributed by atoms with Crippen molar-refractivity contribution in [2.75, 3.05) is 5.32 Å². The van der Waals surface area contributed by atoms with Gasteiger partial charge in [0.1, 0.15) is 0 Å². The molecule has 16 heavy (non-hydrogen) atoms. The predicted molar refractivity (Wildman–Crippen MR) is 61.6 cm³/mol. The van der Waals surface area contributed by atoms with Crippen molar-refractivity contribution in [2.24, 2.45) is 0 Å². The van der Waals surface area contributed by atoms with E-state index in [1.165, 1.54) is 0 Å². The third-order valence-electron chi connectivity index (χ3n) is 2.94. The van der Waals surface area contributed by atoms with Crippen LogP contribution in [-0.2, 0) is 4.79 Å². The molecule has 3 heteroatoms. The van der Waals surface area contributed by atoms with Crippen LogP contribution in [0.1, 0.15) is 15.9 Å². The van der Waals surface area contributed by atoms with Gasteiger partial charge in [0.05, 0.1) is 11.3 Å². The summed E-state index contributed by atoms with van der Waals surface area (Å²) in [5.74, 6) is -0.977. The standard InChI is InChI=1S/C13H9NO2/c1-7-6-10-11(14-13(16)12(10)15)9-5-3-2-4-8(7)9/h2-6H,1H3,(H,14,15,16). The minimum Gasteiger partial charge on any atom is -0.318 e. The Labute approximate surface area is 92.1 Å². The van der Waals surface area contributed by atoms with Crippen molar-refractivity contribution in [3.05, 3.63) is 41.5 Å². The molecule has 2 aromatic rings. The van der Waals surface area contributed by atoms with Gasteiger partial charge in [-0.2, -0.15) is 0 Å². The molecule has 78 valence electrons. The lowest BCUT2D eigenvalue weighted by Crippen LogP contribution is -2.12. The SMILES string of the molecule is Cc1cc2c(c3ccccc13)NC(=O)C2=O. The summed E-state index contributed by atoms with van der Waals surface area (Å²) in [5.41, 5.74) is 2.15. The number of carbonyl (C=O) groups excluding carboxylic acids is 2. The molecule has 0 spiro atoms. The van der Waals surface area contributed by atoms with Crippen molar-refractivity contribution >= 4 is 28.2 Å². The van der Waals surface area contributed by atoms with Crippen LogP contribution in [0, 0.1) is 6.92 Å². The van der Waals surface area contributed by atoms with Crippen molar-refractivity contribution in [1.82, 2.24) is 0 Å². The highest BCUT2D eigenvalue weighted by atomic mass is 16.2. The van der Waals surface area contributed by atoms with E-state index in [1.807, 2.05) is 31.2 Å². The van der Waals surface area contributed by atoms with Gasteiger partial charge in [-0.1, -0.05) is 24.3 Å². The van der Waals surface area contributed by atoms with Gasteiger partial charge in [-0.15, -0.1) is 0 Å². The summed E-state index contributed by atoms with van der Waals surface area (Å²) in [6.45, 7) is 1.94. The number of Topliss-reactive ketones (excluding diaryl/α,β-unsaturated/α-hetero) is 1. The molecule has 1 N–H and O–H groups in total. The average molecular weight is 211 g/mol. The Hall–Kier alpha value is -2.16. The molecule has 1 heterocycles. The fourth-order valence-corrected chi connectivity index (χ4v) is 2.16. The van der Waals surface area contributed by atoms with Gasteiger partial charge < -0.3 is 5.32 Å². The van der Waals surface area contributed by atoms with E-state index in [2.05, 4.69) is 5.32 Å². The van der Waals surface area contributed by atoms with E-state index in [0.717, 1.165) is 16.3 Å². The van der Waals surface area contributed by atoms with Gasteiger partial charge >= 0.3 is 0 Å². The summed E-state index contributed by atoms with van der Waals surface area (Å²) in [5, 5.41) is 4.62. The molecule has 1 amide bonds. The molecule has 0 aliphatic carbocycles. The summed E-state index contributed by atoms with van der Waals surface area (Å²) in [7, 11) is 0. The second-order valence-corrected chi connectivity index (χ2v) is 3.94. The smallest absolute Gasteiger partial charge is 0.296 e. The highest BCUT2D eigenvalue weighted by Gasteiger charge is 2.29. The van der Waals surface area contributed by atoms with Gasteiger partial charge in [0.15, 0.2) is 0 Å². The molecule has 0 unspecified atom stereocenters. The predicted octanol–water partition coefficient (Wildman–Crippen LogP) is 2.28. The zero-order chi connectivity index (χ0) is 11.3. The van der Waals surface area contributed by atoms with E-state index in [4.69, 9.17) is 0 Å². The fraction of sp³-hybridized carbons (Fsp3) is 0.0769. The van der Waals surface area contributed by atoms with Crippen LogP contribution >= 0.6 is 0 Å². The van der Waals surface area contributed by atoms with Crippen LogP contribution in [0.2, 0.25) is 0 Å². The van der Waals surface area contributed by atoms with Crippen molar-refractivity contribution in [3.63, 3.8) is 0 Å². The molecule has 3 rings (SSSR count). The normalized spacial score (nSPS) is 14.1. The van der Waals surface area contributed by atoms with Crippen LogP contribution in [0.25, 0.3) is 10.8 Å². The maximum atomic E-state index is 11.6. The maximum absolute atomic E-state index is 11.6. The zero-order valence-corrected chi connectivity index (χ0v) is 8.70. The first kappa shape index (κ1) is 9.09. The number of fused-ring (bicyclic) bond motifs is 3. The van der Waals surface area contributed by atoms with Crippen LogP contribution in [0.4, 0.5) is 5.69 Å². The van der Waals surface area contributed by atoms with Crippen LogP contribution in [-0.4, -0.2) is 11.7 Å². The van der Waals surface area contributed by atoms with Gasteiger partial charge in [-0.3, -0.25) is 9.59 Å². The van der Waals surface area contributed by atoms with Gasteiger partial charge in [0.25, 0.3) is 11.7 Å². The number of ketones is 1. The Balaban J connectivity index is 2.47. The number of benzene rings is 2. The molecule has 0 bridgehead atoms. The van der Waals surface area contributed by atoms with Crippen LogP contribution in [0.5, 0.6) is 0 Å². The van der Waals surface area contributed by atoms with Crippen molar-refractivity contribution < 1.29 is 9.59 Å². The molecular weight excluding hydrogens is 202 g/mol. The van der Waals surface area contributed by atoms with E-state index in [0.29, 0.717) is 11.3 Å². The summed E-state index contributed by atoms with van der Waals surface area (Å²) in [6, 6.07) is 9.52. The van der Waals surface area contributed by atoms with Crippen molar-refractivity contribution in [1.29, 1.82) is 0 Å². The summed E-state index contributed by atoms with van der Waals surface area (Å²) >= 11 is 0. The molecule has 0 aromatic heterocycles. The first-order valence-corrected chi connectivity index (χ1v) is 5.06. The van der Waals surface area contributed by atoms with Gasteiger partial charge in [0, 0.05) is 5.39 Å². The quantitative estimate of drug-likeness (QED) is 0.679. The number of nitrogens with one attached hydrogen (secondary N) is 1. The number of amides is 1. The number of rotatable bonds is 0. The molecule has 0 saturated heterocycles. The number of carbonyl (C=O) groups is 2. The molecule has 2 aromatic carbocycles. The Bertz CT molecular complexity index is 644. The second-order valence-electron chi connectivity index (χ2n) is 3.94. The Morgan fingerprint density at radius 3 is 2.50 bits per heavy atom. The molecule has 0 radical (unpaired) electrons. The summed E-state index contributed by atoms with van der Waals surface area (Å²) in [6.07, 6.45) is 0. The molecule has 0 saturated carbocycles. The van der Waals surface area contributed by atoms with Gasteiger partial charge in [0.2, 0.25) is 0 Å². The summed E-state index contributed by atoms with van der Waals surface area (Å²) < 4.78 is 0. The molecule has 1 aliphatic heterocycles. The fourth-order valence-electron chi connectivity index (χ4n) is 2.16. The maximum Gasteiger partial charge on any atom is 0.296 e. The Kier molecular flexibility index (Phi) is 1.66. The third-order valence-corrected chi connectivity index (χ3v) is 2.94. The topological polar surface area (TPSA) is 46.2 Å². The van der Waals surface area contributed by atoms with Crippen molar-refractivity contribution in [2.45, 2.75) is 6.92 Å². The third kappa shape index (κ3) is 1.03. The first-order chi connectivity index (χ1) is 7.68. The van der Waals surface area contributed by atoms with Gasteiger partial charge in [-0.25, -0.2) is 0 Å². The monoisotopic (exact) mass is 211 g/mol. The lowest BCUT2D eigenvalue weighted by Gasteiger charge is -2.06. The van der Waals surface area contributed by atoms with E-state index in [9.17, 15) is 9.59 Å². The second kappa shape index (κ2) is 2.92. The average Bonchev–Trinajstić information content (AvgIpc) is 2.57. The molecular formula is C13H9NO2. The minimum absolute atomic E-state index is 0.441. The summed E-state index contributed by atoms with van der Waals surface area (Å²) in [4.78, 5) is 22.9. The lowest BCUT2D eigenvalue weighted by molar-refractivity contribution is -0.112. The Morgan fingerprint density at radius 1 is 1.06 bits per heavy atom. The zero-order valence-electron chi connectivity index (χ0n) is 8.70. The minimum atomic E-state index is -0.536. The Morgan fingerprint density at radius 2 is 1.75 bits per heavy atom. The van der Waals surface area contributed by atoms with Crippen LogP contribution < -0.4 is 5.32 Å². The molecule has 3 nitrogen and oxygen atoms in total. The molecule has 0 atom stereocenters. The lowest BCUT2D eigenvalue weighted by atomic mass is 9.99. The number of hydrogen-bond donors (Lipinski definition) is 1.